The zero-order valence-electron chi connectivity index (χ0n) is 10.1. The Morgan fingerprint density at radius 2 is 2.35 bits per heavy atom. The quantitative estimate of drug-likeness (QED) is 0.749. The number of hydrogen-bond acceptors (Lipinski definition) is 4. The smallest absolute Gasteiger partial charge is 0.224 e. The van der Waals surface area contributed by atoms with Gasteiger partial charge in [-0.3, -0.25) is 9.48 Å². The number of primary amides is 1. The van der Waals surface area contributed by atoms with Gasteiger partial charge in [0.2, 0.25) is 5.91 Å². The minimum absolute atomic E-state index is 0.205. The Balaban J connectivity index is 1.84. The summed E-state index contributed by atoms with van der Waals surface area (Å²) in [7, 11) is 0. The molecule has 1 aromatic heterocycles. The van der Waals surface area contributed by atoms with E-state index in [9.17, 15) is 4.79 Å². The largest absolute Gasteiger partial charge is 0.396 e. The molecule has 6 nitrogen and oxygen atoms in total. The van der Waals surface area contributed by atoms with Crippen LogP contribution in [0.4, 0.5) is 5.69 Å². The van der Waals surface area contributed by atoms with Crippen LogP contribution in [-0.2, 0) is 11.3 Å². The average molecular weight is 237 g/mol. The number of aromatic nitrogens is 2. The van der Waals surface area contributed by atoms with Crippen molar-refractivity contribution in [3.8, 4) is 0 Å². The van der Waals surface area contributed by atoms with Crippen LogP contribution < -0.4 is 11.5 Å². The molecule has 1 saturated heterocycles. The van der Waals surface area contributed by atoms with E-state index in [4.69, 9.17) is 11.5 Å². The number of anilines is 1. The molecule has 1 unspecified atom stereocenters. The first-order valence-electron chi connectivity index (χ1n) is 5.80. The van der Waals surface area contributed by atoms with Gasteiger partial charge in [0.1, 0.15) is 0 Å². The zero-order chi connectivity index (χ0) is 12.5. The number of rotatable bonds is 4. The molecular weight excluding hydrogens is 218 g/mol. The third-order valence-corrected chi connectivity index (χ3v) is 3.45. The fourth-order valence-corrected chi connectivity index (χ4v) is 2.19. The lowest BCUT2D eigenvalue weighted by molar-refractivity contribution is -0.126. The molecule has 1 aromatic rings. The second kappa shape index (κ2) is 4.37. The van der Waals surface area contributed by atoms with Gasteiger partial charge < -0.3 is 16.4 Å². The standard InChI is InChI=1S/C11H19N5O/c1-11(10(13)17)2-3-15(8-11)4-5-16-7-9(12)6-14-16/h6-7H,2-5,8,12H2,1H3,(H2,13,17). The van der Waals surface area contributed by atoms with Crippen molar-refractivity contribution in [2.75, 3.05) is 25.4 Å². The number of nitrogen functional groups attached to an aromatic ring is 1. The monoisotopic (exact) mass is 237 g/mol. The molecule has 0 spiro atoms. The number of hydrogen-bond donors (Lipinski definition) is 2. The van der Waals surface area contributed by atoms with Crippen LogP contribution in [0.1, 0.15) is 13.3 Å². The van der Waals surface area contributed by atoms with Crippen molar-refractivity contribution in [1.82, 2.24) is 14.7 Å². The first-order chi connectivity index (χ1) is 7.99. The van der Waals surface area contributed by atoms with E-state index in [0.29, 0.717) is 5.69 Å². The first-order valence-corrected chi connectivity index (χ1v) is 5.80. The van der Waals surface area contributed by atoms with E-state index in [-0.39, 0.29) is 11.3 Å². The van der Waals surface area contributed by atoms with Crippen molar-refractivity contribution < 1.29 is 4.79 Å². The first kappa shape index (κ1) is 11.9. The number of carbonyl (C=O) groups is 1. The van der Waals surface area contributed by atoms with Gasteiger partial charge in [-0.25, -0.2) is 0 Å². The maximum Gasteiger partial charge on any atom is 0.224 e. The highest BCUT2D eigenvalue weighted by molar-refractivity contribution is 5.81. The molecule has 94 valence electrons. The van der Waals surface area contributed by atoms with Gasteiger partial charge in [-0.05, 0) is 19.9 Å². The van der Waals surface area contributed by atoms with Crippen LogP contribution in [0.3, 0.4) is 0 Å². The third-order valence-electron chi connectivity index (χ3n) is 3.45. The molecule has 0 aromatic carbocycles. The highest BCUT2D eigenvalue weighted by atomic mass is 16.1. The Bertz CT molecular complexity index is 416. The molecule has 1 amide bonds. The number of nitrogens with zero attached hydrogens (tertiary/aromatic N) is 3. The predicted octanol–water partition coefficient (Wildman–Crippen LogP) is -0.337. The number of nitrogens with two attached hydrogens (primary N) is 2. The molecule has 6 heteroatoms. The second-order valence-electron chi connectivity index (χ2n) is 4.99. The van der Waals surface area contributed by atoms with Gasteiger partial charge in [0.25, 0.3) is 0 Å². The molecule has 2 rings (SSSR count). The van der Waals surface area contributed by atoms with Crippen molar-refractivity contribution in [3.05, 3.63) is 12.4 Å². The fourth-order valence-electron chi connectivity index (χ4n) is 2.19. The Morgan fingerprint density at radius 3 is 2.88 bits per heavy atom. The van der Waals surface area contributed by atoms with Crippen LogP contribution in [-0.4, -0.2) is 40.2 Å². The summed E-state index contributed by atoms with van der Waals surface area (Å²) < 4.78 is 1.81. The van der Waals surface area contributed by atoms with E-state index in [1.54, 1.807) is 6.20 Å². The molecule has 17 heavy (non-hydrogen) atoms. The summed E-state index contributed by atoms with van der Waals surface area (Å²) >= 11 is 0. The molecule has 1 aliphatic rings. The lowest BCUT2D eigenvalue weighted by Gasteiger charge is -2.20. The van der Waals surface area contributed by atoms with Gasteiger partial charge in [-0.15, -0.1) is 0 Å². The van der Waals surface area contributed by atoms with Crippen LogP contribution in [0, 0.1) is 5.41 Å². The molecule has 2 heterocycles. The topological polar surface area (TPSA) is 90.2 Å². The van der Waals surface area contributed by atoms with E-state index < -0.39 is 0 Å². The normalized spacial score (nSPS) is 25.2. The molecule has 1 fully saturated rings. The Morgan fingerprint density at radius 1 is 1.59 bits per heavy atom. The van der Waals surface area contributed by atoms with Crippen molar-refractivity contribution in [2.45, 2.75) is 19.9 Å². The van der Waals surface area contributed by atoms with E-state index in [0.717, 1.165) is 32.6 Å². The van der Waals surface area contributed by atoms with Crippen LogP contribution in [0.15, 0.2) is 12.4 Å². The van der Waals surface area contributed by atoms with Crippen LogP contribution >= 0.6 is 0 Å². The molecule has 0 bridgehead atoms. The number of likely N-dealkylation sites (tertiary alicyclic amines) is 1. The summed E-state index contributed by atoms with van der Waals surface area (Å²) in [6.45, 7) is 5.23. The maximum absolute atomic E-state index is 11.3. The highest BCUT2D eigenvalue weighted by Gasteiger charge is 2.38. The summed E-state index contributed by atoms with van der Waals surface area (Å²) in [4.78, 5) is 13.5. The van der Waals surface area contributed by atoms with E-state index in [1.807, 2.05) is 17.8 Å². The lowest BCUT2D eigenvalue weighted by atomic mass is 9.89. The number of amides is 1. The summed E-state index contributed by atoms with van der Waals surface area (Å²) in [5.74, 6) is -0.205. The average Bonchev–Trinajstić information content (AvgIpc) is 2.83. The Hall–Kier alpha value is -1.56. The summed E-state index contributed by atoms with van der Waals surface area (Å²) in [5.41, 5.74) is 11.3. The van der Waals surface area contributed by atoms with Crippen LogP contribution in [0.5, 0.6) is 0 Å². The Kier molecular flexibility index (Phi) is 3.06. The van der Waals surface area contributed by atoms with Crippen LogP contribution in [0.25, 0.3) is 0 Å². The molecular formula is C11H19N5O. The van der Waals surface area contributed by atoms with Gasteiger partial charge >= 0.3 is 0 Å². The minimum atomic E-state index is -0.372. The molecule has 0 saturated carbocycles. The molecule has 1 atom stereocenters. The van der Waals surface area contributed by atoms with Gasteiger partial charge in [-0.2, -0.15) is 5.10 Å². The van der Waals surface area contributed by atoms with Gasteiger partial charge in [0, 0.05) is 19.3 Å². The van der Waals surface area contributed by atoms with Gasteiger partial charge in [0.15, 0.2) is 0 Å². The number of carbonyl (C=O) groups excluding carboxylic acids is 1. The molecule has 1 aliphatic heterocycles. The molecule has 0 radical (unpaired) electrons. The van der Waals surface area contributed by atoms with Crippen molar-refractivity contribution >= 4 is 11.6 Å². The molecule has 4 N–H and O–H groups in total. The van der Waals surface area contributed by atoms with E-state index in [1.165, 1.54) is 0 Å². The highest BCUT2D eigenvalue weighted by Crippen LogP contribution is 2.29. The second-order valence-corrected chi connectivity index (χ2v) is 4.99. The van der Waals surface area contributed by atoms with E-state index in [2.05, 4.69) is 10.00 Å². The predicted molar refractivity (Wildman–Crippen MR) is 65.0 cm³/mol. The van der Waals surface area contributed by atoms with Crippen LogP contribution in [0.2, 0.25) is 0 Å². The molecule has 0 aliphatic carbocycles. The Labute approximate surface area is 101 Å². The maximum atomic E-state index is 11.3. The summed E-state index contributed by atoms with van der Waals surface area (Å²) in [5, 5.41) is 4.12. The SMILES string of the molecule is CC1(C(N)=O)CCN(CCn2cc(N)cn2)C1. The summed E-state index contributed by atoms with van der Waals surface area (Å²) in [6, 6.07) is 0. The van der Waals surface area contributed by atoms with Crippen molar-refractivity contribution in [1.29, 1.82) is 0 Å². The van der Waals surface area contributed by atoms with Gasteiger partial charge in [0.05, 0.1) is 23.8 Å². The lowest BCUT2D eigenvalue weighted by Crippen LogP contribution is -2.37. The van der Waals surface area contributed by atoms with Crippen molar-refractivity contribution in [2.24, 2.45) is 11.1 Å². The minimum Gasteiger partial charge on any atom is -0.396 e. The van der Waals surface area contributed by atoms with Gasteiger partial charge in [-0.1, -0.05) is 0 Å². The van der Waals surface area contributed by atoms with Crippen molar-refractivity contribution in [3.63, 3.8) is 0 Å². The van der Waals surface area contributed by atoms with E-state index >= 15 is 0 Å². The zero-order valence-corrected chi connectivity index (χ0v) is 10.1. The summed E-state index contributed by atoms with van der Waals surface area (Å²) in [6.07, 6.45) is 4.28. The fraction of sp³-hybridized carbons (Fsp3) is 0.636. The third kappa shape index (κ3) is 2.58.